The van der Waals surface area contributed by atoms with E-state index in [1.807, 2.05) is 22.6 Å². The van der Waals surface area contributed by atoms with Crippen LogP contribution in [0.1, 0.15) is 96.8 Å². The first-order valence-corrected chi connectivity index (χ1v) is 15.5. The molecule has 0 radical (unpaired) electrons. The Morgan fingerprint density at radius 1 is 0.647 bits per heavy atom. The van der Waals surface area contributed by atoms with Crippen LogP contribution in [0.25, 0.3) is 0 Å². The Hall–Kier alpha value is 0.410. The first-order valence-electron chi connectivity index (χ1n) is 14.2. The van der Waals surface area contributed by atoms with Gasteiger partial charge in [0.25, 0.3) is 0 Å². The Morgan fingerprint density at radius 3 is 1.82 bits per heavy atom. The van der Waals surface area contributed by atoms with Crippen molar-refractivity contribution in [3.63, 3.8) is 0 Å². The Labute approximate surface area is 218 Å². The normalized spacial score (nSPS) is 48.5. The second-order valence-corrected chi connectivity index (χ2v) is 13.6. The molecular formula is C28H45F4IO. The van der Waals surface area contributed by atoms with Crippen molar-refractivity contribution in [2.24, 2.45) is 35.5 Å². The largest absolute Gasteiger partial charge is 0.378 e. The maximum atomic E-state index is 15.1. The van der Waals surface area contributed by atoms with Gasteiger partial charge in [0, 0.05) is 9.84 Å². The fourth-order valence-corrected chi connectivity index (χ4v) is 8.51. The lowest BCUT2D eigenvalue weighted by molar-refractivity contribution is -0.0693. The van der Waals surface area contributed by atoms with Crippen molar-refractivity contribution in [3.8, 4) is 0 Å². The van der Waals surface area contributed by atoms with Crippen LogP contribution >= 0.6 is 22.6 Å². The summed E-state index contributed by atoms with van der Waals surface area (Å²) in [6.07, 6.45) is 7.97. The molecule has 8 unspecified atom stereocenters. The molecule has 4 saturated carbocycles. The smallest absolute Gasteiger partial charge is 0.143 e. The summed E-state index contributed by atoms with van der Waals surface area (Å²) in [5.74, 6) is 0.734. The molecule has 0 aromatic rings. The SMILES string of the molecule is CCCC1CCC(C2CCC(COC3CCC(C4CCC(I)C(F)C4F)CC3)C(F)C2F)CC1. The summed E-state index contributed by atoms with van der Waals surface area (Å²) < 4.78 is 64.9. The standard InChI is InChI=1S/C28H45F4IO/c1-2-3-17-4-6-18(7-5-17)22-13-10-20(25(29)26(22)30)16-34-21-11-8-19(9-12-21)23-14-15-24(33)28(32)27(23)31/h17-28H,2-16H2,1H3. The van der Waals surface area contributed by atoms with E-state index in [1.165, 1.54) is 25.7 Å². The molecule has 4 fully saturated rings. The third-order valence-corrected chi connectivity index (χ3v) is 11.2. The third-order valence-electron chi connectivity index (χ3n) is 9.93. The Morgan fingerprint density at radius 2 is 1.21 bits per heavy atom. The van der Waals surface area contributed by atoms with E-state index in [4.69, 9.17) is 4.74 Å². The monoisotopic (exact) mass is 600 g/mol. The Bertz CT molecular complexity index is 607. The van der Waals surface area contributed by atoms with Crippen LogP contribution in [0.3, 0.4) is 0 Å². The summed E-state index contributed by atoms with van der Waals surface area (Å²) in [7, 11) is 0. The summed E-state index contributed by atoms with van der Waals surface area (Å²) in [5, 5.41) is 0. The molecule has 198 valence electrons. The minimum absolute atomic E-state index is 0.0493. The third kappa shape index (κ3) is 6.45. The summed E-state index contributed by atoms with van der Waals surface area (Å²) >= 11 is 2.04. The van der Waals surface area contributed by atoms with Crippen LogP contribution in [0, 0.1) is 35.5 Å². The van der Waals surface area contributed by atoms with E-state index >= 15 is 8.78 Å². The van der Waals surface area contributed by atoms with Gasteiger partial charge in [-0.3, -0.25) is 0 Å². The number of alkyl halides is 5. The number of rotatable bonds is 7. The Balaban J connectivity index is 1.18. The van der Waals surface area contributed by atoms with Crippen molar-refractivity contribution >= 4 is 22.6 Å². The van der Waals surface area contributed by atoms with E-state index < -0.39 is 24.7 Å². The highest BCUT2D eigenvalue weighted by Gasteiger charge is 2.45. The molecule has 0 spiro atoms. The number of halogens is 5. The van der Waals surface area contributed by atoms with E-state index in [0.29, 0.717) is 12.5 Å². The molecular weight excluding hydrogens is 555 g/mol. The highest BCUT2D eigenvalue weighted by atomic mass is 127. The molecule has 0 saturated heterocycles. The van der Waals surface area contributed by atoms with Gasteiger partial charge in [0.15, 0.2) is 0 Å². The molecule has 8 atom stereocenters. The highest BCUT2D eigenvalue weighted by molar-refractivity contribution is 14.1. The fraction of sp³-hybridized carbons (Fsp3) is 1.00. The van der Waals surface area contributed by atoms with Gasteiger partial charge in [-0.1, -0.05) is 55.2 Å². The predicted octanol–water partition coefficient (Wildman–Crippen LogP) is 8.76. The van der Waals surface area contributed by atoms with Crippen LogP contribution in [0.5, 0.6) is 0 Å². The van der Waals surface area contributed by atoms with Crippen molar-refractivity contribution in [1.82, 2.24) is 0 Å². The summed E-state index contributed by atoms with van der Waals surface area (Å²) in [6.45, 7) is 2.52. The van der Waals surface area contributed by atoms with Crippen molar-refractivity contribution in [2.45, 2.75) is 132 Å². The van der Waals surface area contributed by atoms with E-state index in [1.54, 1.807) is 0 Å². The predicted molar refractivity (Wildman–Crippen MR) is 138 cm³/mol. The fourth-order valence-electron chi connectivity index (χ4n) is 7.75. The average Bonchev–Trinajstić information content (AvgIpc) is 2.85. The highest BCUT2D eigenvalue weighted by Crippen LogP contribution is 2.46. The molecule has 4 aliphatic rings. The van der Waals surface area contributed by atoms with E-state index in [0.717, 1.165) is 70.1 Å². The Kier molecular flexibility index (Phi) is 10.3. The van der Waals surface area contributed by atoms with Gasteiger partial charge in [-0.05, 0) is 93.8 Å². The lowest BCUT2D eigenvalue weighted by Crippen LogP contribution is -2.44. The zero-order valence-electron chi connectivity index (χ0n) is 20.8. The van der Waals surface area contributed by atoms with E-state index in [2.05, 4.69) is 6.92 Å². The van der Waals surface area contributed by atoms with Gasteiger partial charge in [0.05, 0.1) is 12.7 Å². The van der Waals surface area contributed by atoms with Crippen LogP contribution in [-0.2, 0) is 4.74 Å². The van der Waals surface area contributed by atoms with Crippen LogP contribution in [0.15, 0.2) is 0 Å². The van der Waals surface area contributed by atoms with Crippen LogP contribution < -0.4 is 0 Å². The van der Waals surface area contributed by atoms with Crippen LogP contribution in [0.4, 0.5) is 17.6 Å². The van der Waals surface area contributed by atoms with E-state index in [-0.39, 0.29) is 33.7 Å². The molecule has 1 nitrogen and oxygen atoms in total. The molecule has 0 N–H and O–H groups in total. The van der Waals surface area contributed by atoms with Gasteiger partial charge in [0.1, 0.15) is 24.7 Å². The van der Waals surface area contributed by atoms with Crippen LogP contribution in [0.2, 0.25) is 0 Å². The van der Waals surface area contributed by atoms with Gasteiger partial charge < -0.3 is 4.74 Å². The second-order valence-electron chi connectivity index (χ2n) is 12.0. The minimum atomic E-state index is -1.42. The molecule has 0 aromatic carbocycles. The summed E-state index contributed by atoms with van der Waals surface area (Å²) in [6, 6.07) is 0. The lowest BCUT2D eigenvalue weighted by atomic mass is 9.67. The first kappa shape index (κ1) is 27.4. The topological polar surface area (TPSA) is 9.23 Å². The van der Waals surface area contributed by atoms with Gasteiger partial charge in [-0.2, -0.15) is 0 Å². The number of hydrogen-bond acceptors (Lipinski definition) is 1. The molecule has 0 aromatic heterocycles. The minimum Gasteiger partial charge on any atom is -0.378 e. The van der Waals surface area contributed by atoms with Crippen molar-refractivity contribution in [1.29, 1.82) is 0 Å². The van der Waals surface area contributed by atoms with Gasteiger partial charge in [-0.25, -0.2) is 17.6 Å². The molecule has 4 rings (SSSR count). The zero-order chi connectivity index (χ0) is 24.2. The molecule has 0 bridgehead atoms. The molecule has 6 heteroatoms. The van der Waals surface area contributed by atoms with Crippen molar-refractivity contribution < 1.29 is 22.3 Å². The van der Waals surface area contributed by atoms with E-state index in [9.17, 15) is 8.78 Å². The van der Waals surface area contributed by atoms with Gasteiger partial charge in [-0.15, -0.1) is 0 Å². The second kappa shape index (κ2) is 12.8. The maximum Gasteiger partial charge on any atom is 0.143 e. The molecule has 4 aliphatic carbocycles. The number of hydrogen-bond donors (Lipinski definition) is 0. The average molecular weight is 601 g/mol. The molecule has 0 heterocycles. The quantitative estimate of drug-likeness (QED) is 0.161. The van der Waals surface area contributed by atoms with Crippen LogP contribution in [-0.4, -0.2) is 41.3 Å². The zero-order valence-corrected chi connectivity index (χ0v) is 23.0. The van der Waals surface area contributed by atoms with Gasteiger partial charge in [0.2, 0.25) is 0 Å². The van der Waals surface area contributed by atoms with Crippen molar-refractivity contribution in [2.75, 3.05) is 6.61 Å². The lowest BCUT2D eigenvalue weighted by Gasteiger charge is -2.42. The summed E-state index contributed by atoms with van der Waals surface area (Å²) in [4.78, 5) is 0. The maximum absolute atomic E-state index is 15.1. The first-order chi connectivity index (χ1) is 16.4. The molecule has 0 aliphatic heterocycles. The van der Waals surface area contributed by atoms with Gasteiger partial charge >= 0.3 is 0 Å². The summed E-state index contributed by atoms with van der Waals surface area (Å²) in [5.41, 5.74) is 0. The molecule has 34 heavy (non-hydrogen) atoms. The van der Waals surface area contributed by atoms with Crippen molar-refractivity contribution in [3.05, 3.63) is 0 Å². The molecule has 0 amide bonds. The number of ether oxygens (including phenoxy) is 1.